The normalized spacial score (nSPS) is 11.3. The highest BCUT2D eigenvalue weighted by molar-refractivity contribution is 7.17. The number of anilines is 4. The van der Waals surface area contributed by atoms with Gasteiger partial charge < -0.3 is 29.3 Å². The van der Waals surface area contributed by atoms with Crippen LogP contribution in [-0.2, 0) is 11.8 Å². The molecule has 5 rings (SSSR count). The van der Waals surface area contributed by atoms with Crippen molar-refractivity contribution in [3.63, 3.8) is 0 Å². The van der Waals surface area contributed by atoms with Crippen LogP contribution in [0.5, 0.6) is 5.75 Å². The topological polar surface area (TPSA) is 78.8 Å². The number of likely N-dealkylation sites (N-methyl/N-ethyl adjacent to an activating group) is 2. The molecule has 0 unspecified atom stereocenters. The summed E-state index contributed by atoms with van der Waals surface area (Å²) in [6.45, 7) is 5.23. The molecule has 212 valence electrons. The number of benzene rings is 2. The number of methoxy groups -OCH3 is 1. The van der Waals surface area contributed by atoms with Crippen molar-refractivity contribution in [2.24, 2.45) is 7.05 Å². The second-order valence-electron chi connectivity index (χ2n) is 10.2. The van der Waals surface area contributed by atoms with Gasteiger partial charge in [-0.05, 0) is 43.8 Å². The van der Waals surface area contributed by atoms with Crippen LogP contribution in [0.1, 0.15) is 0 Å². The van der Waals surface area contributed by atoms with Gasteiger partial charge in [0.2, 0.25) is 11.9 Å². The van der Waals surface area contributed by atoms with Gasteiger partial charge in [0.05, 0.1) is 40.1 Å². The maximum absolute atomic E-state index is 12.4. The zero-order chi connectivity index (χ0) is 29.3. The maximum Gasteiger partial charge on any atom is 0.247 e. The molecular formula is C31H35N7O2S. The highest BCUT2D eigenvalue weighted by atomic mass is 32.1. The summed E-state index contributed by atoms with van der Waals surface area (Å²) in [4.78, 5) is 28.6. The lowest BCUT2D eigenvalue weighted by Gasteiger charge is -2.27. The SMILES string of the molecule is C=CC(=O)Nc1cc(N(C)c2nc(-c3cn(C)c4ccccc34)c3sccc3n2)c(OC)cc1N(C)CCN(C)C. The number of aryl methyl sites for hydroxylation is 1. The number of ether oxygens (including phenoxy) is 1. The summed E-state index contributed by atoms with van der Waals surface area (Å²) in [5.41, 5.74) is 6.13. The summed E-state index contributed by atoms with van der Waals surface area (Å²) in [7, 11) is 11.7. The molecule has 2 aromatic carbocycles. The van der Waals surface area contributed by atoms with Gasteiger partial charge in [0.1, 0.15) is 5.75 Å². The Hall–Kier alpha value is -4.41. The van der Waals surface area contributed by atoms with Crippen molar-refractivity contribution in [1.29, 1.82) is 0 Å². The number of carbonyl (C=O) groups is 1. The third-order valence-electron chi connectivity index (χ3n) is 7.14. The second-order valence-corrected chi connectivity index (χ2v) is 11.1. The molecule has 0 aliphatic carbocycles. The van der Waals surface area contributed by atoms with Crippen molar-refractivity contribution < 1.29 is 9.53 Å². The van der Waals surface area contributed by atoms with Crippen LogP contribution in [0, 0.1) is 0 Å². The molecule has 0 bridgehead atoms. The number of fused-ring (bicyclic) bond motifs is 2. The number of carbonyl (C=O) groups excluding carboxylic acids is 1. The van der Waals surface area contributed by atoms with E-state index in [4.69, 9.17) is 14.7 Å². The molecule has 5 aromatic rings. The average molecular weight is 570 g/mol. The monoisotopic (exact) mass is 569 g/mol. The lowest BCUT2D eigenvalue weighted by molar-refractivity contribution is -0.111. The van der Waals surface area contributed by atoms with Crippen LogP contribution in [0.15, 0.2) is 66.7 Å². The standard InChI is InChI=1S/C31H35N7O2S/c1-8-28(39)32-23-17-26(27(40-7)18-25(23)36(4)15-14-35(2)3)38(6)31-33-22-13-16-41-30(22)29(34-31)21-19-37(5)24-12-10-9-11-20(21)24/h8-13,16-19H,1,14-15H2,2-7H3,(H,32,39). The van der Waals surface area contributed by atoms with Gasteiger partial charge in [-0.25, -0.2) is 9.97 Å². The highest BCUT2D eigenvalue weighted by Gasteiger charge is 2.22. The highest BCUT2D eigenvalue weighted by Crippen LogP contribution is 2.42. The minimum atomic E-state index is -0.291. The van der Waals surface area contributed by atoms with E-state index in [9.17, 15) is 4.79 Å². The van der Waals surface area contributed by atoms with Crippen LogP contribution in [0.2, 0.25) is 0 Å². The zero-order valence-electron chi connectivity index (χ0n) is 24.3. The first kappa shape index (κ1) is 28.1. The van der Waals surface area contributed by atoms with E-state index in [0.717, 1.165) is 56.8 Å². The van der Waals surface area contributed by atoms with Crippen molar-refractivity contribution in [2.75, 3.05) is 63.5 Å². The lowest BCUT2D eigenvalue weighted by atomic mass is 10.1. The summed E-state index contributed by atoms with van der Waals surface area (Å²) in [6.07, 6.45) is 3.39. The summed E-state index contributed by atoms with van der Waals surface area (Å²) in [6, 6.07) is 14.2. The van der Waals surface area contributed by atoms with Gasteiger partial charge in [0, 0.05) is 63.0 Å². The first-order valence-electron chi connectivity index (χ1n) is 13.3. The quantitative estimate of drug-likeness (QED) is 0.215. The molecule has 0 fully saturated rings. The van der Waals surface area contributed by atoms with Crippen molar-refractivity contribution in [2.45, 2.75) is 0 Å². The zero-order valence-corrected chi connectivity index (χ0v) is 25.1. The fraction of sp³-hybridized carbons (Fsp3) is 0.258. The Bertz CT molecular complexity index is 1740. The second kappa shape index (κ2) is 11.6. The first-order valence-corrected chi connectivity index (χ1v) is 14.1. The Kier molecular flexibility index (Phi) is 7.96. The summed E-state index contributed by atoms with van der Waals surface area (Å²) in [5, 5.41) is 6.15. The van der Waals surface area contributed by atoms with Crippen LogP contribution in [-0.4, -0.2) is 73.7 Å². The molecule has 41 heavy (non-hydrogen) atoms. The third-order valence-corrected chi connectivity index (χ3v) is 8.05. The van der Waals surface area contributed by atoms with Crippen LogP contribution in [0.3, 0.4) is 0 Å². The third kappa shape index (κ3) is 5.48. The maximum atomic E-state index is 12.4. The molecule has 0 aliphatic heterocycles. The number of amides is 1. The molecule has 9 nitrogen and oxygen atoms in total. The smallest absolute Gasteiger partial charge is 0.247 e. The number of nitrogens with one attached hydrogen (secondary N) is 1. The number of aromatic nitrogens is 3. The average Bonchev–Trinajstić information content (AvgIpc) is 3.59. The van der Waals surface area contributed by atoms with E-state index < -0.39 is 0 Å². The molecule has 10 heteroatoms. The van der Waals surface area contributed by atoms with Crippen molar-refractivity contribution in [3.05, 3.63) is 66.7 Å². The van der Waals surface area contributed by atoms with Gasteiger partial charge in [-0.15, -0.1) is 11.3 Å². The van der Waals surface area contributed by atoms with E-state index >= 15 is 0 Å². The van der Waals surface area contributed by atoms with E-state index in [1.807, 2.05) is 75.9 Å². The predicted octanol–water partition coefficient (Wildman–Crippen LogP) is 5.75. The van der Waals surface area contributed by atoms with Gasteiger partial charge in [0.15, 0.2) is 0 Å². The van der Waals surface area contributed by atoms with E-state index in [2.05, 4.69) is 44.6 Å². The molecule has 0 saturated carbocycles. The van der Waals surface area contributed by atoms with Gasteiger partial charge in [-0.1, -0.05) is 24.8 Å². The molecule has 0 radical (unpaired) electrons. The fourth-order valence-electron chi connectivity index (χ4n) is 4.88. The Morgan fingerprint density at radius 3 is 2.61 bits per heavy atom. The Labute approximate surface area is 244 Å². The largest absolute Gasteiger partial charge is 0.494 e. The van der Waals surface area contributed by atoms with Gasteiger partial charge in [-0.2, -0.15) is 0 Å². The molecule has 3 heterocycles. The van der Waals surface area contributed by atoms with Gasteiger partial charge in [0.25, 0.3) is 0 Å². The Morgan fingerprint density at radius 1 is 1.10 bits per heavy atom. The van der Waals surface area contributed by atoms with E-state index in [1.165, 1.54) is 6.08 Å². The van der Waals surface area contributed by atoms with E-state index in [-0.39, 0.29) is 5.91 Å². The molecule has 1 N–H and O–H groups in total. The van der Waals surface area contributed by atoms with Crippen LogP contribution >= 0.6 is 11.3 Å². The number of nitrogens with zero attached hydrogens (tertiary/aromatic N) is 6. The van der Waals surface area contributed by atoms with Crippen molar-refractivity contribution in [1.82, 2.24) is 19.4 Å². The number of rotatable bonds is 10. The predicted molar refractivity (Wildman–Crippen MR) is 171 cm³/mol. The van der Waals surface area contributed by atoms with Crippen molar-refractivity contribution >= 4 is 61.4 Å². The molecule has 3 aromatic heterocycles. The summed E-state index contributed by atoms with van der Waals surface area (Å²) >= 11 is 1.63. The van der Waals surface area contributed by atoms with Crippen LogP contribution in [0.4, 0.5) is 23.0 Å². The number of para-hydroxylation sites is 1. The minimum Gasteiger partial charge on any atom is -0.494 e. The molecule has 1 amide bonds. The van der Waals surface area contributed by atoms with E-state index in [0.29, 0.717) is 17.4 Å². The molecule has 0 aliphatic rings. The van der Waals surface area contributed by atoms with Crippen LogP contribution in [0.25, 0.3) is 32.4 Å². The van der Waals surface area contributed by atoms with Crippen molar-refractivity contribution in [3.8, 4) is 17.0 Å². The Morgan fingerprint density at radius 2 is 1.88 bits per heavy atom. The van der Waals surface area contributed by atoms with Gasteiger partial charge >= 0.3 is 0 Å². The molecule has 0 saturated heterocycles. The van der Waals surface area contributed by atoms with Crippen LogP contribution < -0.4 is 19.9 Å². The minimum absolute atomic E-state index is 0.291. The molecule has 0 spiro atoms. The fourth-order valence-corrected chi connectivity index (χ4v) is 5.71. The number of hydrogen-bond donors (Lipinski definition) is 1. The lowest BCUT2D eigenvalue weighted by Crippen LogP contribution is -2.29. The number of thiophene rings is 1. The van der Waals surface area contributed by atoms with Gasteiger partial charge in [-0.3, -0.25) is 4.79 Å². The summed E-state index contributed by atoms with van der Waals surface area (Å²) < 4.78 is 9.02. The summed E-state index contributed by atoms with van der Waals surface area (Å²) in [5.74, 6) is 0.864. The number of hydrogen-bond acceptors (Lipinski definition) is 8. The first-order chi connectivity index (χ1) is 19.7. The Balaban J connectivity index is 1.64. The molecule has 0 atom stereocenters. The molecular weight excluding hydrogens is 534 g/mol. The van der Waals surface area contributed by atoms with E-state index in [1.54, 1.807) is 18.4 Å².